The van der Waals surface area contributed by atoms with Crippen molar-refractivity contribution in [3.8, 4) is 0 Å². The fourth-order valence-corrected chi connectivity index (χ4v) is 4.04. The third kappa shape index (κ3) is 3.68. The Bertz CT molecular complexity index is 1060. The highest BCUT2D eigenvalue weighted by Crippen LogP contribution is 2.30. The van der Waals surface area contributed by atoms with Crippen molar-refractivity contribution in [2.45, 2.75) is 30.0 Å². The molecule has 1 amide bonds. The maximum atomic E-state index is 12.6. The van der Waals surface area contributed by atoms with Crippen LogP contribution in [0, 0.1) is 0 Å². The predicted molar refractivity (Wildman–Crippen MR) is 106 cm³/mol. The molecular weight excluding hydrogens is 360 g/mol. The molecule has 4 aromatic rings. The lowest BCUT2D eigenvalue weighted by atomic mass is 10.1. The summed E-state index contributed by atoms with van der Waals surface area (Å²) in [4.78, 5) is 12.6. The van der Waals surface area contributed by atoms with Gasteiger partial charge in [0.15, 0.2) is 5.58 Å². The van der Waals surface area contributed by atoms with E-state index in [0.29, 0.717) is 13.0 Å². The lowest BCUT2D eigenvalue weighted by molar-refractivity contribution is -0.120. The Morgan fingerprint density at radius 1 is 1.26 bits per heavy atom. The van der Waals surface area contributed by atoms with Gasteiger partial charge >= 0.3 is 0 Å². The molecule has 4 rings (SSSR count). The number of hydrogen-bond acceptors (Lipinski definition) is 5. The maximum absolute atomic E-state index is 12.6. The number of nitrogens with one attached hydrogen (secondary N) is 1. The van der Waals surface area contributed by atoms with Crippen molar-refractivity contribution in [2.24, 2.45) is 0 Å². The maximum Gasteiger partial charge on any atom is 0.233 e. The fraction of sp³-hybridized carbons (Fsp3) is 0.250. The van der Waals surface area contributed by atoms with Crippen LogP contribution in [0.4, 0.5) is 0 Å². The molecule has 0 saturated carbocycles. The van der Waals surface area contributed by atoms with E-state index < -0.39 is 0 Å². The van der Waals surface area contributed by atoms with Crippen molar-refractivity contribution in [3.05, 3.63) is 60.6 Å². The van der Waals surface area contributed by atoms with Gasteiger partial charge in [0.25, 0.3) is 0 Å². The molecule has 0 radical (unpaired) electrons. The molecule has 0 aliphatic carbocycles. The number of amides is 1. The third-order valence-electron chi connectivity index (χ3n) is 4.47. The molecule has 0 bridgehead atoms. The lowest BCUT2D eigenvalue weighted by Crippen LogP contribution is -2.33. The number of carbonyl (C=O) groups is 1. The molecule has 0 spiro atoms. The SMILES string of the molecule is CCC(Sc1nncn2c1cc1occc12)C(=O)NCCc1ccccc1. The van der Waals surface area contributed by atoms with Gasteiger partial charge < -0.3 is 9.73 Å². The van der Waals surface area contributed by atoms with Crippen molar-refractivity contribution in [3.63, 3.8) is 0 Å². The minimum atomic E-state index is -0.220. The topological polar surface area (TPSA) is 72.4 Å². The van der Waals surface area contributed by atoms with E-state index in [9.17, 15) is 4.79 Å². The van der Waals surface area contributed by atoms with E-state index in [2.05, 4.69) is 27.6 Å². The summed E-state index contributed by atoms with van der Waals surface area (Å²) in [5, 5.41) is 11.9. The minimum absolute atomic E-state index is 0.0254. The zero-order valence-electron chi connectivity index (χ0n) is 15.0. The summed E-state index contributed by atoms with van der Waals surface area (Å²) in [6.45, 7) is 2.62. The first kappa shape index (κ1) is 17.6. The Balaban J connectivity index is 1.45. The average molecular weight is 380 g/mol. The van der Waals surface area contributed by atoms with Crippen LogP contribution in [0.1, 0.15) is 18.9 Å². The monoisotopic (exact) mass is 380 g/mol. The van der Waals surface area contributed by atoms with Gasteiger partial charge in [0, 0.05) is 18.7 Å². The fourth-order valence-electron chi connectivity index (χ4n) is 3.04. The van der Waals surface area contributed by atoms with Crippen molar-refractivity contribution < 1.29 is 9.21 Å². The summed E-state index contributed by atoms with van der Waals surface area (Å²) >= 11 is 1.44. The van der Waals surface area contributed by atoms with Gasteiger partial charge in [-0.2, -0.15) is 0 Å². The van der Waals surface area contributed by atoms with Gasteiger partial charge in [-0.05, 0) is 18.4 Å². The second-order valence-corrected chi connectivity index (χ2v) is 7.44. The first-order chi connectivity index (χ1) is 13.3. The second kappa shape index (κ2) is 7.84. The van der Waals surface area contributed by atoms with Gasteiger partial charge in [-0.15, -0.1) is 10.2 Å². The molecule has 1 N–H and O–H groups in total. The van der Waals surface area contributed by atoms with Crippen LogP contribution in [0.3, 0.4) is 0 Å². The zero-order valence-corrected chi connectivity index (χ0v) is 15.8. The van der Waals surface area contributed by atoms with Crippen molar-refractivity contribution >= 4 is 34.3 Å². The molecule has 138 valence electrons. The van der Waals surface area contributed by atoms with Crippen LogP contribution < -0.4 is 5.32 Å². The van der Waals surface area contributed by atoms with E-state index >= 15 is 0 Å². The summed E-state index contributed by atoms with van der Waals surface area (Å²) in [6, 6.07) is 14.0. The van der Waals surface area contributed by atoms with Crippen LogP contribution in [-0.4, -0.2) is 32.3 Å². The van der Waals surface area contributed by atoms with Gasteiger partial charge in [-0.25, -0.2) is 0 Å². The number of fused-ring (bicyclic) bond motifs is 3. The standard InChI is InChI=1S/C20H20N4O2S/c1-2-18(19(25)21-10-8-14-6-4-3-5-7-14)27-20-16-12-17-15(9-11-26-17)24(16)13-22-23-20/h3-7,9,11-13,18H,2,8,10H2,1H3,(H,21,25). The molecule has 0 saturated heterocycles. The van der Waals surface area contributed by atoms with E-state index in [1.165, 1.54) is 17.3 Å². The average Bonchev–Trinajstić information content (AvgIpc) is 3.29. The molecule has 6 nitrogen and oxygen atoms in total. The number of rotatable bonds is 7. The molecular formula is C20H20N4O2S. The predicted octanol–water partition coefficient (Wildman–Crippen LogP) is 3.71. The molecule has 0 aliphatic rings. The molecule has 1 aromatic carbocycles. The number of benzene rings is 1. The highest BCUT2D eigenvalue weighted by atomic mass is 32.2. The second-order valence-electron chi connectivity index (χ2n) is 6.25. The van der Waals surface area contributed by atoms with E-state index in [1.807, 2.05) is 41.7 Å². The van der Waals surface area contributed by atoms with Crippen LogP contribution in [0.5, 0.6) is 0 Å². The summed E-state index contributed by atoms with van der Waals surface area (Å²) < 4.78 is 7.41. The zero-order chi connectivity index (χ0) is 18.6. The first-order valence-electron chi connectivity index (χ1n) is 8.94. The molecule has 0 fully saturated rings. The number of carbonyl (C=O) groups excluding carboxylic acids is 1. The largest absolute Gasteiger partial charge is 0.463 e. The van der Waals surface area contributed by atoms with Crippen molar-refractivity contribution in [2.75, 3.05) is 6.54 Å². The first-order valence-corrected chi connectivity index (χ1v) is 9.82. The van der Waals surface area contributed by atoms with Crippen LogP contribution >= 0.6 is 11.8 Å². The Labute approximate surface area is 161 Å². The number of thioether (sulfide) groups is 1. The molecule has 1 atom stereocenters. The lowest BCUT2D eigenvalue weighted by Gasteiger charge is -2.14. The Hall–Kier alpha value is -2.80. The number of aromatic nitrogens is 3. The normalized spacial score (nSPS) is 12.5. The van der Waals surface area contributed by atoms with E-state index in [4.69, 9.17) is 4.42 Å². The Morgan fingerprint density at radius 2 is 2.11 bits per heavy atom. The highest BCUT2D eigenvalue weighted by molar-refractivity contribution is 8.00. The molecule has 7 heteroatoms. The Kier molecular flexibility index (Phi) is 5.11. The number of hydrogen-bond donors (Lipinski definition) is 1. The third-order valence-corrected chi connectivity index (χ3v) is 5.81. The summed E-state index contributed by atoms with van der Waals surface area (Å²) in [6.07, 6.45) is 4.84. The van der Waals surface area contributed by atoms with Gasteiger partial charge in [0.2, 0.25) is 5.91 Å². The van der Waals surface area contributed by atoms with Crippen LogP contribution in [0.15, 0.2) is 64.5 Å². The van der Waals surface area contributed by atoms with Gasteiger partial charge in [-0.3, -0.25) is 9.20 Å². The van der Waals surface area contributed by atoms with Crippen molar-refractivity contribution in [1.29, 1.82) is 0 Å². The smallest absolute Gasteiger partial charge is 0.233 e. The summed E-state index contributed by atoms with van der Waals surface area (Å²) in [5.74, 6) is 0.0254. The summed E-state index contributed by atoms with van der Waals surface area (Å²) in [5.41, 5.74) is 3.85. The minimum Gasteiger partial charge on any atom is -0.463 e. The molecule has 3 heterocycles. The number of furan rings is 1. The molecule has 1 unspecified atom stereocenters. The van der Waals surface area contributed by atoms with Crippen molar-refractivity contribution in [1.82, 2.24) is 19.9 Å². The molecule has 27 heavy (non-hydrogen) atoms. The van der Waals surface area contributed by atoms with E-state index in [-0.39, 0.29) is 11.2 Å². The van der Waals surface area contributed by atoms with Crippen LogP contribution in [-0.2, 0) is 11.2 Å². The molecule has 0 aliphatic heterocycles. The van der Waals surface area contributed by atoms with Gasteiger partial charge in [-0.1, -0.05) is 49.0 Å². The van der Waals surface area contributed by atoms with Gasteiger partial charge in [0.1, 0.15) is 11.4 Å². The quantitative estimate of drug-likeness (QED) is 0.495. The Morgan fingerprint density at radius 3 is 2.93 bits per heavy atom. The van der Waals surface area contributed by atoms with Crippen LogP contribution in [0.2, 0.25) is 0 Å². The number of nitrogens with zero attached hydrogens (tertiary/aromatic N) is 3. The van der Waals surface area contributed by atoms with Crippen LogP contribution in [0.25, 0.3) is 16.6 Å². The summed E-state index contributed by atoms with van der Waals surface area (Å²) in [7, 11) is 0. The van der Waals surface area contributed by atoms with Gasteiger partial charge in [0.05, 0.1) is 22.5 Å². The van der Waals surface area contributed by atoms with E-state index in [0.717, 1.165) is 28.1 Å². The highest BCUT2D eigenvalue weighted by Gasteiger charge is 2.21. The molecule has 3 aromatic heterocycles. The van der Waals surface area contributed by atoms with E-state index in [1.54, 1.807) is 12.6 Å².